The van der Waals surface area contributed by atoms with Crippen LogP contribution >= 0.6 is 0 Å². The van der Waals surface area contributed by atoms with E-state index in [-0.39, 0.29) is 11.8 Å². The van der Waals surface area contributed by atoms with Crippen LogP contribution in [0.15, 0.2) is 0 Å². The number of hydrogen-bond donors (Lipinski definition) is 1. The Labute approximate surface area is 78.9 Å². The van der Waals surface area contributed by atoms with Crippen LogP contribution < -0.4 is 5.73 Å². The molecule has 2 N–H and O–H groups in total. The molecule has 78 valence electrons. The van der Waals surface area contributed by atoms with Gasteiger partial charge in [0.1, 0.15) is 0 Å². The smallest absolute Gasteiger partial charge is 0.215 e. The fourth-order valence-corrected chi connectivity index (χ4v) is 2.84. The molecule has 5 nitrogen and oxygen atoms in total. The molecule has 1 rings (SSSR count). The third kappa shape index (κ3) is 3.22. The van der Waals surface area contributed by atoms with Crippen LogP contribution in [0.1, 0.15) is 6.92 Å². The van der Waals surface area contributed by atoms with E-state index in [0.717, 1.165) is 0 Å². The summed E-state index contributed by atoms with van der Waals surface area (Å²) in [5.41, 5.74) is 5.45. The number of ether oxygens (including phenoxy) is 1. The molecule has 13 heavy (non-hydrogen) atoms. The number of nitrogens with two attached hydrogens (primary N) is 1. The molecular weight excluding hydrogens is 192 g/mol. The van der Waals surface area contributed by atoms with Crippen molar-refractivity contribution >= 4 is 10.0 Å². The van der Waals surface area contributed by atoms with E-state index in [4.69, 9.17) is 10.5 Å². The summed E-state index contributed by atoms with van der Waals surface area (Å²) in [7, 11) is -3.15. The maximum atomic E-state index is 11.6. The number of morpholine rings is 1. The monoisotopic (exact) mass is 208 g/mol. The summed E-state index contributed by atoms with van der Waals surface area (Å²) >= 11 is 0. The van der Waals surface area contributed by atoms with E-state index in [1.807, 2.05) is 0 Å². The largest absolute Gasteiger partial charge is 0.379 e. The number of rotatable bonds is 3. The second-order valence-corrected chi connectivity index (χ2v) is 5.28. The Hall–Kier alpha value is -0.170. The zero-order chi connectivity index (χ0) is 9.90. The van der Waals surface area contributed by atoms with Crippen molar-refractivity contribution in [2.75, 3.05) is 32.1 Å². The molecule has 0 aromatic heterocycles. The SMILES string of the molecule is CC(N)CS(=O)(=O)N1CCOCC1. The fourth-order valence-electron chi connectivity index (χ4n) is 1.26. The van der Waals surface area contributed by atoms with Crippen LogP contribution in [-0.2, 0) is 14.8 Å². The number of sulfonamides is 1. The van der Waals surface area contributed by atoms with E-state index in [2.05, 4.69) is 0 Å². The lowest BCUT2D eigenvalue weighted by molar-refractivity contribution is 0.0730. The third-order valence-corrected chi connectivity index (χ3v) is 3.94. The first-order valence-corrected chi connectivity index (χ1v) is 5.94. The predicted octanol–water partition coefficient (Wildman–Crippen LogP) is -1.00. The quantitative estimate of drug-likeness (QED) is 0.645. The molecule has 0 aromatic rings. The molecule has 0 spiro atoms. The maximum absolute atomic E-state index is 11.6. The molecule has 6 heteroatoms. The van der Waals surface area contributed by atoms with Gasteiger partial charge in [0.2, 0.25) is 10.0 Å². The summed E-state index contributed by atoms with van der Waals surface area (Å²) in [4.78, 5) is 0. The molecule has 0 bridgehead atoms. The second-order valence-electron chi connectivity index (χ2n) is 3.27. The van der Waals surface area contributed by atoms with Gasteiger partial charge in [-0.15, -0.1) is 0 Å². The van der Waals surface area contributed by atoms with Crippen LogP contribution in [0.2, 0.25) is 0 Å². The highest BCUT2D eigenvalue weighted by Gasteiger charge is 2.24. The number of nitrogens with zero attached hydrogens (tertiary/aromatic N) is 1. The van der Waals surface area contributed by atoms with Crippen molar-refractivity contribution in [1.82, 2.24) is 4.31 Å². The van der Waals surface area contributed by atoms with Crippen LogP contribution in [0.25, 0.3) is 0 Å². The van der Waals surface area contributed by atoms with Crippen molar-refractivity contribution < 1.29 is 13.2 Å². The van der Waals surface area contributed by atoms with E-state index < -0.39 is 10.0 Å². The molecule has 0 radical (unpaired) electrons. The normalized spacial score (nSPS) is 22.9. The third-order valence-electron chi connectivity index (χ3n) is 1.84. The second kappa shape index (κ2) is 4.36. The van der Waals surface area contributed by atoms with E-state index in [1.54, 1.807) is 6.92 Å². The van der Waals surface area contributed by atoms with Gasteiger partial charge in [0.15, 0.2) is 0 Å². The van der Waals surface area contributed by atoms with Gasteiger partial charge in [-0.05, 0) is 6.92 Å². The van der Waals surface area contributed by atoms with Crippen molar-refractivity contribution in [3.8, 4) is 0 Å². The van der Waals surface area contributed by atoms with Crippen LogP contribution in [0.5, 0.6) is 0 Å². The summed E-state index contributed by atoms with van der Waals surface area (Å²) in [5, 5.41) is 0. The first kappa shape index (κ1) is 10.9. The Bertz CT molecular complexity index is 244. The first-order chi connectivity index (χ1) is 6.02. The minimum absolute atomic E-state index is 0.0208. The van der Waals surface area contributed by atoms with Crippen molar-refractivity contribution in [2.24, 2.45) is 5.73 Å². The maximum Gasteiger partial charge on any atom is 0.215 e. The Morgan fingerprint density at radius 2 is 2.00 bits per heavy atom. The first-order valence-electron chi connectivity index (χ1n) is 4.33. The lowest BCUT2D eigenvalue weighted by Gasteiger charge is -2.26. The zero-order valence-electron chi connectivity index (χ0n) is 7.77. The molecule has 1 aliphatic heterocycles. The van der Waals surface area contributed by atoms with Gasteiger partial charge in [-0.3, -0.25) is 0 Å². The van der Waals surface area contributed by atoms with Gasteiger partial charge in [0.25, 0.3) is 0 Å². The fraction of sp³-hybridized carbons (Fsp3) is 1.00. The van der Waals surface area contributed by atoms with Gasteiger partial charge < -0.3 is 10.5 Å². The molecule has 0 aliphatic carbocycles. The van der Waals surface area contributed by atoms with Gasteiger partial charge in [-0.25, -0.2) is 8.42 Å². The molecule has 0 aromatic carbocycles. The van der Waals surface area contributed by atoms with Crippen LogP contribution in [0.4, 0.5) is 0 Å². The highest BCUT2D eigenvalue weighted by molar-refractivity contribution is 7.89. The van der Waals surface area contributed by atoms with Gasteiger partial charge in [0, 0.05) is 19.1 Å². The Balaban J connectivity index is 2.57. The lowest BCUT2D eigenvalue weighted by atomic mass is 10.4. The number of hydrogen-bond acceptors (Lipinski definition) is 4. The van der Waals surface area contributed by atoms with Crippen molar-refractivity contribution in [2.45, 2.75) is 13.0 Å². The van der Waals surface area contributed by atoms with Gasteiger partial charge in [0.05, 0.1) is 19.0 Å². The summed E-state index contributed by atoms with van der Waals surface area (Å²) in [5.74, 6) is 0.0208. The lowest BCUT2D eigenvalue weighted by Crippen LogP contribution is -2.44. The van der Waals surface area contributed by atoms with Crippen molar-refractivity contribution in [3.63, 3.8) is 0 Å². The molecule has 0 saturated carbocycles. The molecule has 1 fully saturated rings. The van der Waals surface area contributed by atoms with Crippen LogP contribution in [-0.4, -0.2) is 50.8 Å². The average Bonchev–Trinajstić information content (AvgIpc) is 2.04. The molecule has 1 aliphatic rings. The van der Waals surface area contributed by atoms with E-state index in [1.165, 1.54) is 4.31 Å². The summed E-state index contributed by atoms with van der Waals surface area (Å²) in [6.45, 7) is 3.57. The molecule has 1 heterocycles. The van der Waals surface area contributed by atoms with Crippen molar-refractivity contribution in [1.29, 1.82) is 0 Å². The average molecular weight is 208 g/mol. The predicted molar refractivity (Wildman–Crippen MR) is 49.8 cm³/mol. The van der Waals surface area contributed by atoms with E-state index in [9.17, 15) is 8.42 Å². The molecule has 1 unspecified atom stereocenters. The Morgan fingerprint density at radius 1 is 1.46 bits per heavy atom. The Kier molecular flexibility index (Phi) is 3.66. The minimum Gasteiger partial charge on any atom is -0.379 e. The summed E-state index contributed by atoms with van der Waals surface area (Å²) in [6, 6.07) is -0.312. The summed E-state index contributed by atoms with van der Waals surface area (Å²) < 4.78 is 29.7. The zero-order valence-corrected chi connectivity index (χ0v) is 8.59. The topological polar surface area (TPSA) is 72.6 Å². The van der Waals surface area contributed by atoms with Crippen LogP contribution in [0, 0.1) is 0 Å². The van der Waals surface area contributed by atoms with Gasteiger partial charge >= 0.3 is 0 Å². The highest BCUT2D eigenvalue weighted by atomic mass is 32.2. The van der Waals surface area contributed by atoms with E-state index in [0.29, 0.717) is 26.3 Å². The van der Waals surface area contributed by atoms with Crippen molar-refractivity contribution in [3.05, 3.63) is 0 Å². The van der Waals surface area contributed by atoms with Crippen LogP contribution in [0.3, 0.4) is 0 Å². The molecule has 1 atom stereocenters. The minimum atomic E-state index is -3.15. The highest BCUT2D eigenvalue weighted by Crippen LogP contribution is 2.06. The van der Waals surface area contributed by atoms with Gasteiger partial charge in [-0.1, -0.05) is 0 Å². The van der Waals surface area contributed by atoms with E-state index >= 15 is 0 Å². The summed E-state index contributed by atoms with van der Waals surface area (Å²) in [6.07, 6.45) is 0. The van der Waals surface area contributed by atoms with Gasteiger partial charge in [-0.2, -0.15) is 4.31 Å². The molecule has 1 saturated heterocycles. The molecule has 0 amide bonds. The Morgan fingerprint density at radius 3 is 2.46 bits per heavy atom. The molecular formula is C7H16N2O3S. The standard InChI is InChI=1S/C7H16N2O3S/c1-7(8)6-13(10,11)9-2-4-12-5-3-9/h7H,2-6,8H2,1H3.